The van der Waals surface area contributed by atoms with Gasteiger partial charge in [-0.15, -0.1) is 0 Å². The number of carbonyl (C=O) groups excluding carboxylic acids is 3. The van der Waals surface area contributed by atoms with Gasteiger partial charge in [0.2, 0.25) is 5.91 Å². The van der Waals surface area contributed by atoms with E-state index < -0.39 is 11.8 Å². The van der Waals surface area contributed by atoms with Crippen molar-refractivity contribution < 1.29 is 19.1 Å². The Kier molecular flexibility index (Phi) is 6.20. The van der Waals surface area contributed by atoms with Crippen LogP contribution in [0.15, 0.2) is 42.5 Å². The largest absolute Gasteiger partial charge is 0.492 e. The number of anilines is 1. The smallest absolute Gasteiger partial charge is 0.262 e. The molecular weight excluding hydrogens is 428 g/mol. The molecule has 1 aliphatic rings. The Hall–Kier alpha value is -3.30. The fourth-order valence-corrected chi connectivity index (χ4v) is 4.56. The van der Waals surface area contributed by atoms with Gasteiger partial charge in [0.15, 0.2) is 5.13 Å². The zero-order valence-corrected chi connectivity index (χ0v) is 19.0. The number of imide groups is 1. The summed E-state index contributed by atoms with van der Waals surface area (Å²) in [7, 11) is 3.83. The number of para-hydroxylation sites is 1. The monoisotopic (exact) mass is 452 g/mol. The van der Waals surface area contributed by atoms with E-state index in [9.17, 15) is 14.4 Å². The summed E-state index contributed by atoms with van der Waals surface area (Å²) in [6.45, 7) is 3.05. The molecule has 0 N–H and O–H groups in total. The highest BCUT2D eigenvalue weighted by Crippen LogP contribution is 2.34. The highest BCUT2D eigenvalue weighted by Gasteiger charge is 2.37. The van der Waals surface area contributed by atoms with Crippen molar-refractivity contribution in [2.24, 2.45) is 0 Å². The van der Waals surface area contributed by atoms with Crippen LogP contribution in [0.4, 0.5) is 5.13 Å². The summed E-state index contributed by atoms with van der Waals surface area (Å²) in [5.74, 6) is -0.602. The average Bonchev–Trinajstić information content (AvgIpc) is 3.30. The third-order valence-electron chi connectivity index (χ3n) is 5.14. The quantitative estimate of drug-likeness (QED) is 0.489. The predicted molar refractivity (Wildman–Crippen MR) is 124 cm³/mol. The lowest BCUT2D eigenvalue weighted by Crippen LogP contribution is -2.45. The first-order chi connectivity index (χ1) is 15.4. The van der Waals surface area contributed by atoms with Crippen molar-refractivity contribution >= 4 is 44.4 Å². The summed E-state index contributed by atoms with van der Waals surface area (Å²) in [6.07, 6.45) is 0. The molecule has 0 atom stereocenters. The molecule has 0 saturated carbocycles. The van der Waals surface area contributed by atoms with Crippen molar-refractivity contribution in [3.63, 3.8) is 0 Å². The van der Waals surface area contributed by atoms with Crippen LogP contribution in [0.3, 0.4) is 0 Å². The SMILES string of the molecule is CCOc1cccc2sc(N(CCN(C)C)C(=O)CN3C(=O)c4ccccc4C3=O)nc12. The van der Waals surface area contributed by atoms with E-state index in [4.69, 9.17) is 4.74 Å². The molecule has 0 unspecified atom stereocenters. The fraction of sp³-hybridized carbons (Fsp3) is 0.304. The van der Waals surface area contributed by atoms with E-state index in [-0.39, 0.29) is 12.5 Å². The Morgan fingerprint density at radius 1 is 1.03 bits per heavy atom. The van der Waals surface area contributed by atoms with Crippen molar-refractivity contribution in [2.45, 2.75) is 6.92 Å². The van der Waals surface area contributed by atoms with Crippen LogP contribution in [0.1, 0.15) is 27.6 Å². The van der Waals surface area contributed by atoms with Gasteiger partial charge in [-0.3, -0.25) is 24.2 Å². The Morgan fingerprint density at radius 2 is 1.72 bits per heavy atom. The standard InChI is InChI=1S/C23H24N4O4S/c1-4-31-17-10-7-11-18-20(17)24-23(32-18)26(13-12-25(2)3)19(28)14-27-21(29)15-8-5-6-9-16(15)22(27)30/h5-11H,4,12-14H2,1-3H3. The Balaban J connectivity index is 1.63. The number of hydrogen-bond donors (Lipinski definition) is 0. The average molecular weight is 453 g/mol. The van der Waals surface area contributed by atoms with E-state index in [2.05, 4.69) is 4.98 Å². The number of fused-ring (bicyclic) bond motifs is 2. The van der Waals surface area contributed by atoms with E-state index in [0.717, 1.165) is 9.60 Å². The van der Waals surface area contributed by atoms with Crippen molar-refractivity contribution in [2.75, 3.05) is 45.2 Å². The van der Waals surface area contributed by atoms with Crippen LogP contribution >= 0.6 is 11.3 Å². The van der Waals surface area contributed by atoms with Crippen LogP contribution < -0.4 is 9.64 Å². The van der Waals surface area contributed by atoms with E-state index >= 15 is 0 Å². The molecule has 3 amide bonds. The number of hydrogen-bond acceptors (Lipinski definition) is 7. The molecule has 2 heterocycles. The van der Waals surface area contributed by atoms with Crippen LogP contribution in [0, 0.1) is 0 Å². The van der Waals surface area contributed by atoms with E-state index in [1.54, 1.807) is 29.2 Å². The molecule has 0 fully saturated rings. The van der Waals surface area contributed by atoms with Crippen LogP contribution in [0.25, 0.3) is 10.2 Å². The van der Waals surface area contributed by atoms with Crippen LogP contribution in [-0.2, 0) is 4.79 Å². The maximum absolute atomic E-state index is 13.3. The maximum atomic E-state index is 13.3. The molecule has 9 heteroatoms. The number of benzene rings is 2. The highest BCUT2D eigenvalue weighted by molar-refractivity contribution is 7.22. The van der Waals surface area contributed by atoms with Gasteiger partial charge < -0.3 is 9.64 Å². The summed E-state index contributed by atoms with van der Waals surface area (Å²) >= 11 is 1.38. The summed E-state index contributed by atoms with van der Waals surface area (Å²) < 4.78 is 6.57. The van der Waals surface area contributed by atoms with E-state index in [1.165, 1.54) is 11.3 Å². The lowest BCUT2D eigenvalue weighted by atomic mass is 10.1. The minimum absolute atomic E-state index is 0.325. The molecule has 0 radical (unpaired) electrons. The van der Waals surface area contributed by atoms with Gasteiger partial charge in [0.1, 0.15) is 17.8 Å². The molecule has 166 valence electrons. The Bertz CT molecular complexity index is 1150. The van der Waals surface area contributed by atoms with Gasteiger partial charge in [-0.25, -0.2) is 4.98 Å². The van der Waals surface area contributed by atoms with Crippen molar-refractivity contribution in [1.82, 2.24) is 14.8 Å². The third-order valence-corrected chi connectivity index (χ3v) is 6.19. The lowest BCUT2D eigenvalue weighted by molar-refractivity contribution is -0.119. The van der Waals surface area contributed by atoms with Crippen molar-refractivity contribution in [1.29, 1.82) is 0 Å². The van der Waals surface area contributed by atoms with Gasteiger partial charge >= 0.3 is 0 Å². The van der Waals surface area contributed by atoms with Gasteiger partial charge in [0, 0.05) is 13.1 Å². The zero-order valence-electron chi connectivity index (χ0n) is 18.2. The number of likely N-dealkylation sites (N-methyl/N-ethyl adjacent to an activating group) is 1. The number of amides is 3. The van der Waals surface area contributed by atoms with Gasteiger partial charge in [-0.2, -0.15) is 0 Å². The first kappa shape index (κ1) is 21.9. The molecule has 1 aliphatic heterocycles. The van der Waals surface area contributed by atoms with Crippen molar-refractivity contribution in [3.05, 3.63) is 53.6 Å². The predicted octanol–water partition coefficient (Wildman–Crippen LogP) is 2.89. The second-order valence-electron chi connectivity index (χ2n) is 7.62. The highest BCUT2D eigenvalue weighted by atomic mass is 32.1. The molecule has 4 rings (SSSR count). The minimum atomic E-state index is -0.450. The molecule has 2 aromatic carbocycles. The number of rotatable bonds is 8. The number of carbonyl (C=O) groups is 3. The third kappa shape index (κ3) is 4.09. The molecule has 0 aliphatic carbocycles. The van der Waals surface area contributed by atoms with Crippen molar-refractivity contribution in [3.8, 4) is 5.75 Å². The van der Waals surface area contributed by atoms with E-state index in [0.29, 0.717) is 47.2 Å². The number of ether oxygens (including phenoxy) is 1. The number of thiazole rings is 1. The molecular formula is C23H24N4O4S. The van der Waals surface area contributed by atoms with Gasteiger partial charge in [-0.05, 0) is 45.3 Å². The second-order valence-corrected chi connectivity index (χ2v) is 8.63. The van der Waals surface area contributed by atoms with Crippen LogP contribution in [-0.4, -0.2) is 72.8 Å². The first-order valence-electron chi connectivity index (χ1n) is 10.3. The van der Waals surface area contributed by atoms with Gasteiger partial charge in [-0.1, -0.05) is 29.5 Å². The second kappa shape index (κ2) is 9.05. The summed E-state index contributed by atoms with van der Waals surface area (Å²) in [6, 6.07) is 12.3. The maximum Gasteiger partial charge on any atom is 0.262 e. The zero-order chi connectivity index (χ0) is 22.8. The number of aromatic nitrogens is 1. The number of nitrogens with zero attached hydrogens (tertiary/aromatic N) is 4. The van der Waals surface area contributed by atoms with Gasteiger partial charge in [0.05, 0.1) is 22.4 Å². The molecule has 0 bridgehead atoms. The van der Waals surface area contributed by atoms with E-state index in [1.807, 2.05) is 44.1 Å². The van der Waals surface area contributed by atoms with Crippen LogP contribution in [0.5, 0.6) is 5.75 Å². The Labute approximate surface area is 190 Å². The first-order valence-corrected chi connectivity index (χ1v) is 11.1. The molecule has 1 aromatic heterocycles. The van der Waals surface area contributed by atoms with Gasteiger partial charge in [0.25, 0.3) is 11.8 Å². The molecule has 0 spiro atoms. The molecule has 8 nitrogen and oxygen atoms in total. The molecule has 0 saturated heterocycles. The Morgan fingerprint density at radius 3 is 2.34 bits per heavy atom. The summed E-state index contributed by atoms with van der Waals surface area (Å²) in [5, 5.41) is 0.510. The lowest BCUT2D eigenvalue weighted by Gasteiger charge is -2.24. The fourth-order valence-electron chi connectivity index (χ4n) is 3.53. The summed E-state index contributed by atoms with van der Waals surface area (Å²) in [4.78, 5) is 48.0. The summed E-state index contributed by atoms with van der Waals surface area (Å²) in [5.41, 5.74) is 1.34. The normalized spacial score (nSPS) is 13.2. The molecule has 3 aromatic rings. The van der Waals surface area contributed by atoms with Crippen LogP contribution in [0.2, 0.25) is 0 Å². The molecule has 32 heavy (non-hydrogen) atoms. The topological polar surface area (TPSA) is 83.0 Å². The minimum Gasteiger partial charge on any atom is -0.492 e.